The highest BCUT2D eigenvalue weighted by molar-refractivity contribution is 5.96. The first-order chi connectivity index (χ1) is 9.49. The molecule has 1 aromatic carbocycles. The van der Waals surface area contributed by atoms with E-state index >= 15 is 0 Å². The number of nitrogens with one attached hydrogen (secondary N) is 1. The smallest absolute Gasteiger partial charge is 0.274 e. The zero-order valence-electron chi connectivity index (χ0n) is 12.1. The quantitative estimate of drug-likeness (QED) is 0.897. The third-order valence-electron chi connectivity index (χ3n) is 3.30. The van der Waals surface area contributed by atoms with Gasteiger partial charge >= 0.3 is 0 Å². The van der Waals surface area contributed by atoms with Crippen molar-refractivity contribution in [2.45, 2.75) is 26.3 Å². The Labute approximate surface area is 118 Å². The fourth-order valence-electron chi connectivity index (χ4n) is 2.01. The predicted molar refractivity (Wildman–Crippen MR) is 79.3 cm³/mol. The number of H-pyrrole nitrogens is 1. The highest BCUT2D eigenvalue weighted by Crippen LogP contribution is 2.16. The van der Waals surface area contributed by atoms with E-state index in [-0.39, 0.29) is 5.91 Å². The highest BCUT2D eigenvalue weighted by atomic mass is 16.2. The molecule has 0 fully saturated rings. The second-order valence-electron chi connectivity index (χ2n) is 5.26. The Morgan fingerprint density at radius 3 is 2.50 bits per heavy atom. The fraction of sp³-hybridized carbons (Fsp3) is 0.333. The van der Waals surface area contributed by atoms with E-state index in [0.717, 1.165) is 5.56 Å². The molecule has 0 aliphatic carbocycles. The molecule has 106 valence electrons. The van der Waals surface area contributed by atoms with Gasteiger partial charge in [-0.3, -0.25) is 9.89 Å². The van der Waals surface area contributed by atoms with Crippen LogP contribution < -0.4 is 5.73 Å². The summed E-state index contributed by atoms with van der Waals surface area (Å²) in [6, 6.07) is 8.30. The molecule has 0 atom stereocenters. The molecule has 0 saturated carbocycles. The fourth-order valence-corrected chi connectivity index (χ4v) is 2.01. The van der Waals surface area contributed by atoms with Gasteiger partial charge in [0.25, 0.3) is 5.91 Å². The molecular weight excluding hydrogens is 252 g/mol. The van der Waals surface area contributed by atoms with E-state index in [4.69, 9.17) is 5.73 Å². The number of carbonyl (C=O) groups excluding carboxylic acids is 1. The predicted octanol–water partition coefficient (Wildman–Crippen LogP) is 2.39. The maximum atomic E-state index is 12.2. The zero-order valence-corrected chi connectivity index (χ0v) is 12.1. The molecule has 5 nitrogen and oxygen atoms in total. The summed E-state index contributed by atoms with van der Waals surface area (Å²) in [6.07, 6.45) is 1.44. The van der Waals surface area contributed by atoms with E-state index in [9.17, 15) is 4.79 Å². The number of benzene rings is 1. The van der Waals surface area contributed by atoms with Crippen molar-refractivity contribution in [1.82, 2.24) is 15.1 Å². The van der Waals surface area contributed by atoms with Gasteiger partial charge in [0.2, 0.25) is 0 Å². The van der Waals surface area contributed by atoms with Gasteiger partial charge in [0.15, 0.2) is 0 Å². The van der Waals surface area contributed by atoms with Gasteiger partial charge in [-0.25, -0.2) is 0 Å². The lowest BCUT2D eigenvalue weighted by molar-refractivity contribution is 0.0780. The van der Waals surface area contributed by atoms with Crippen LogP contribution in [-0.4, -0.2) is 28.1 Å². The largest absolute Gasteiger partial charge is 0.396 e. The number of amides is 1. The molecule has 0 unspecified atom stereocenters. The van der Waals surface area contributed by atoms with Crippen LogP contribution in [0.25, 0.3) is 0 Å². The van der Waals surface area contributed by atoms with Crippen molar-refractivity contribution in [2.75, 3.05) is 12.8 Å². The van der Waals surface area contributed by atoms with Gasteiger partial charge in [-0.15, -0.1) is 0 Å². The van der Waals surface area contributed by atoms with Crippen molar-refractivity contribution < 1.29 is 4.79 Å². The third kappa shape index (κ3) is 2.99. The van der Waals surface area contributed by atoms with E-state index in [0.29, 0.717) is 23.8 Å². The maximum absolute atomic E-state index is 12.2. The SMILES string of the molecule is CC(C)c1ccc(CN(C)C(=O)c2[nH]ncc2N)cc1. The second-order valence-corrected chi connectivity index (χ2v) is 5.26. The first-order valence-corrected chi connectivity index (χ1v) is 6.62. The lowest BCUT2D eigenvalue weighted by Gasteiger charge is -2.17. The van der Waals surface area contributed by atoms with Crippen LogP contribution in [0.1, 0.15) is 41.4 Å². The van der Waals surface area contributed by atoms with Crippen molar-refractivity contribution in [1.29, 1.82) is 0 Å². The molecule has 2 aromatic rings. The Morgan fingerprint density at radius 1 is 1.35 bits per heavy atom. The van der Waals surface area contributed by atoms with Gasteiger partial charge in [-0.2, -0.15) is 5.10 Å². The Kier molecular flexibility index (Phi) is 4.08. The Hall–Kier alpha value is -2.30. The molecule has 5 heteroatoms. The lowest BCUT2D eigenvalue weighted by Crippen LogP contribution is -2.27. The standard InChI is InChI=1S/C15H20N4O/c1-10(2)12-6-4-11(5-7-12)9-19(3)15(20)14-13(16)8-17-18-14/h4-8,10H,9,16H2,1-3H3,(H,17,18). The van der Waals surface area contributed by atoms with Crippen LogP contribution >= 0.6 is 0 Å². The molecule has 1 amide bonds. The number of aromatic amines is 1. The third-order valence-corrected chi connectivity index (χ3v) is 3.30. The number of hydrogen-bond donors (Lipinski definition) is 2. The summed E-state index contributed by atoms with van der Waals surface area (Å²) in [5.74, 6) is 0.348. The number of nitrogens with zero attached hydrogens (tertiary/aromatic N) is 2. The minimum atomic E-state index is -0.159. The molecule has 20 heavy (non-hydrogen) atoms. The molecule has 0 aliphatic heterocycles. The summed E-state index contributed by atoms with van der Waals surface area (Å²) in [5.41, 5.74) is 8.77. The van der Waals surface area contributed by atoms with Crippen LogP contribution in [0.2, 0.25) is 0 Å². The molecule has 2 rings (SSSR count). The molecule has 3 N–H and O–H groups in total. The minimum absolute atomic E-state index is 0.159. The van der Waals surface area contributed by atoms with Gasteiger partial charge in [0, 0.05) is 13.6 Å². The van der Waals surface area contributed by atoms with Crippen LogP contribution in [0.15, 0.2) is 30.5 Å². The van der Waals surface area contributed by atoms with Crippen LogP contribution in [0, 0.1) is 0 Å². The average molecular weight is 272 g/mol. The lowest BCUT2D eigenvalue weighted by atomic mass is 10.0. The molecular formula is C15H20N4O. The van der Waals surface area contributed by atoms with E-state index in [1.807, 2.05) is 0 Å². The summed E-state index contributed by atoms with van der Waals surface area (Å²) in [5, 5.41) is 6.40. The summed E-state index contributed by atoms with van der Waals surface area (Å²) < 4.78 is 0. The van der Waals surface area contributed by atoms with Gasteiger partial charge in [0.05, 0.1) is 11.9 Å². The first-order valence-electron chi connectivity index (χ1n) is 6.62. The van der Waals surface area contributed by atoms with Crippen molar-refractivity contribution in [2.24, 2.45) is 0 Å². The van der Waals surface area contributed by atoms with Gasteiger partial charge in [-0.1, -0.05) is 38.1 Å². The number of anilines is 1. The van der Waals surface area contributed by atoms with Crippen molar-refractivity contribution in [3.63, 3.8) is 0 Å². The first kappa shape index (κ1) is 14.1. The number of rotatable bonds is 4. The molecule has 0 aliphatic rings. The topological polar surface area (TPSA) is 75.0 Å². The van der Waals surface area contributed by atoms with Crippen LogP contribution in [-0.2, 0) is 6.54 Å². The summed E-state index contributed by atoms with van der Waals surface area (Å²) >= 11 is 0. The van der Waals surface area contributed by atoms with Gasteiger partial charge in [0.1, 0.15) is 5.69 Å². The number of hydrogen-bond acceptors (Lipinski definition) is 3. The van der Waals surface area contributed by atoms with Crippen LogP contribution in [0.5, 0.6) is 0 Å². The average Bonchev–Trinajstić information content (AvgIpc) is 2.84. The van der Waals surface area contributed by atoms with E-state index < -0.39 is 0 Å². The Bertz CT molecular complexity index is 586. The Morgan fingerprint density at radius 2 is 2.00 bits per heavy atom. The van der Waals surface area contributed by atoms with E-state index in [1.54, 1.807) is 11.9 Å². The second kappa shape index (κ2) is 5.77. The van der Waals surface area contributed by atoms with Crippen LogP contribution in [0.4, 0.5) is 5.69 Å². The van der Waals surface area contributed by atoms with Crippen molar-refractivity contribution >= 4 is 11.6 Å². The van der Waals surface area contributed by atoms with Gasteiger partial charge < -0.3 is 10.6 Å². The normalized spacial score (nSPS) is 10.8. The monoisotopic (exact) mass is 272 g/mol. The number of aromatic nitrogens is 2. The number of nitrogen functional groups attached to an aromatic ring is 1. The van der Waals surface area contributed by atoms with Crippen LogP contribution in [0.3, 0.4) is 0 Å². The molecule has 0 bridgehead atoms. The molecule has 1 heterocycles. The summed E-state index contributed by atoms with van der Waals surface area (Å²) in [4.78, 5) is 13.8. The highest BCUT2D eigenvalue weighted by Gasteiger charge is 2.16. The Balaban J connectivity index is 2.06. The van der Waals surface area contributed by atoms with Crippen molar-refractivity contribution in [3.8, 4) is 0 Å². The van der Waals surface area contributed by atoms with Crippen molar-refractivity contribution in [3.05, 3.63) is 47.3 Å². The number of carbonyl (C=O) groups is 1. The summed E-state index contributed by atoms with van der Waals surface area (Å²) in [7, 11) is 1.75. The molecule has 0 saturated heterocycles. The van der Waals surface area contributed by atoms with E-state index in [2.05, 4.69) is 48.3 Å². The summed E-state index contributed by atoms with van der Waals surface area (Å²) in [6.45, 7) is 4.85. The number of nitrogens with two attached hydrogens (primary N) is 1. The minimum Gasteiger partial charge on any atom is -0.396 e. The van der Waals surface area contributed by atoms with Gasteiger partial charge in [-0.05, 0) is 17.0 Å². The zero-order chi connectivity index (χ0) is 14.7. The molecule has 0 radical (unpaired) electrons. The molecule has 1 aromatic heterocycles. The maximum Gasteiger partial charge on any atom is 0.274 e. The molecule has 0 spiro atoms. The van der Waals surface area contributed by atoms with E-state index in [1.165, 1.54) is 11.8 Å².